The van der Waals surface area contributed by atoms with Crippen molar-refractivity contribution < 1.29 is 19.2 Å². The lowest BCUT2D eigenvalue weighted by atomic mass is 9.76. The van der Waals surface area contributed by atoms with Crippen molar-refractivity contribution in [3.05, 3.63) is 48.8 Å². The molecule has 2 heterocycles. The third-order valence-electron chi connectivity index (χ3n) is 4.59. The fourth-order valence-corrected chi connectivity index (χ4v) is 3.21. The molecule has 0 fully saturated rings. The number of aromatic amines is 1. The standard InChI is InChI=1S/C19H16BN5O4/c1-28-19-8-14(17-4-5-22-24-17)13(7-15(19)20(27)29-10-26)11-2-3-12-16(21)9-23-25-18(12)6-11/h2-10,27H,1H3,(H2,21,25)(H,22,24). The molecule has 0 saturated heterocycles. The Morgan fingerprint density at radius 1 is 1.21 bits per heavy atom. The highest BCUT2D eigenvalue weighted by atomic mass is 16.6. The van der Waals surface area contributed by atoms with Crippen molar-refractivity contribution in [3.8, 4) is 28.1 Å². The number of fused-ring (bicyclic) bond motifs is 1. The number of carbonyl (C=O) groups is 1. The van der Waals surface area contributed by atoms with Gasteiger partial charge in [-0.25, -0.2) is 0 Å². The largest absolute Gasteiger partial charge is 0.565 e. The minimum absolute atomic E-state index is 0.182. The number of nitrogens with zero attached hydrogens (tertiary/aromatic N) is 3. The van der Waals surface area contributed by atoms with E-state index in [0.717, 1.165) is 27.8 Å². The molecule has 0 bridgehead atoms. The Balaban J connectivity index is 1.97. The fourth-order valence-electron chi connectivity index (χ4n) is 3.21. The van der Waals surface area contributed by atoms with Crippen LogP contribution in [0.4, 0.5) is 5.69 Å². The van der Waals surface area contributed by atoms with Crippen LogP contribution in [0.2, 0.25) is 0 Å². The number of methoxy groups -OCH3 is 1. The van der Waals surface area contributed by atoms with Gasteiger partial charge in [-0.3, -0.25) is 9.89 Å². The predicted octanol–water partition coefficient (Wildman–Crippen LogP) is 1.14. The number of nitrogens with two attached hydrogens (primary N) is 1. The maximum Gasteiger partial charge on any atom is 0.565 e. The van der Waals surface area contributed by atoms with Crippen LogP contribution in [-0.2, 0) is 9.45 Å². The van der Waals surface area contributed by atoms with E-state index < -0.39 is 7.12 Å². The molecule has 0 aliphatic rings. The van der Waals surface area contributed by atoms with Crippen LogP contribution in [0.25, 0.3) is 33.3 Å². The summed E-state index contributed by atoms with van der Waals surface area (Å²) in [5, 5.41) is 26.0. The first kappa shape index (κ1) is 18.4. The molecule has 0 saturated carbocycles. The van der Waals surface area contributed by atoms with Crippen molar-refractivity contribution in [3.63, 3.8) is 0 Å². The van der Waals surface area contributed by atoms with Crippen LogP contribution in [-0.4, -0.2) is 46.1 Å². The number of hydrogen-bond acceptors (Lipinski definition) is 8. The number of benzene rings is 2. The normalized spacial score (nSPS) is 10.7. The number of carbonyl (C=O) groups excluding carboxylic acids is 1. The summed E-state index contributed by atoms with van der Waals surface area (Å²) in [6, 6.07) is 10.8. The van der Waals surface area contributed by atoms with Gasteiger partial charge in [0.05, 0.1) is 30.2 Å². The molecular weight excluding hydrogens is 373 g/mol. The van der Waals surface area contributed by atoms with Crippen molar-refractivity contribution in [2.45, 2.75) is 0 Å². The molecule has 0 atom stereocenters. The molecule has 0 radical (unpaired) electrons. The van der Waals surface area contributed by atoms with Gasteiger partial charge in [0.25, 0.3) is 6.47 Å². The average Bonchev–Trinajstić information content (AvgIpc) is 3.27. The van der Waals surface area contributed by atoms with Gasteiger partial charge in [-0.1, -0.05) is 6.07 Å². The fraction of sp³-hybridized carbons (Fsp3) is 0.0526. The number of nitrogen functional groups attached to an aromatic ring is 1. The predicted molar refractivity (Wildman–Crippen MR) is 108 cm³/mol. The quantitative estimate of drug-likeness (QED) is 0.330. The van der Waals surface area contributed by atoms with Crippen molar-refractivity contribution in [1.82, 2.24) is 20.4 Å². The van der Waals surface area contributed by atoms with Gasteiger partial charge in [0, 0.05) is 22.6 Å². The first-order valence-electron chi connectivity index (χ1n) is 8.62. The molecule has 29 heavy (non-hydrogen) atoms. The number of H-pyrrole nitrogens is 1. The van der Waals surface area contributed by atoms with Crippen molar-refractivity contribution in [2.75, 3.05) is 12.8 Å². The SMILES string of the molecule is COc1cc(-c2ccn[nH]2)c(-c2ccc3c(N)cnnc3c2)cc1B(O)OC=O. The number of anilines is 1. The summed E-state index contributed by atoms with van der Waals surface area (Å²) in [5.74, 6) is 0.359. The van der Waals surface area contributed by atoms with Crippen LogP contribution in [0.3, 0.4) is 0 Å². The minimum Gasteiger partial charge on any atom is -0.508 e. The monoisotopic (exact) mass is 389 g/mol. The van der Waals surface area contributed by atoms with E-state index in [2.05, 4.69) is 20.4 Å². The van der Waals surface area contributed by atoms with Gasteiger partial charge in [0.15, 0.2) is 0 Å². The molecule has 4 rings (SSSR count). The smallest absolute Gasteiger partial charge is 0.508 e. The Labute approximate surface area is 165 Å². The van der Waals surface area contributed by atoms with E-state index in [1.165, 1.54) is 13.3 Å². The second-order valence-electron chi connectivity index (χ2n) is 6.23. The average molecular weight is 389 g/mol. The van der Waals surface area contributed by atoms with Gasteiger partial charge < -0.3 is 20.1 Å². The van der Waals surface area contributed by atoms with Crippen LogP contribution in [0.5, 0.6) is 5.75 Å². The van der Waals surface area contributed by atoms with E-state index in [9.17, 15) is 9.82 Å². The zero-order valence-corrected chi connectivity index (χ0v) is 15.4. The molecule has 4 N–H and O–H groups in total. The molecule has 0 spiro atoms. The molecule has 144 valence electrons. The topological polar surface area (TPSA) is 136 Å². The van der Waals surface area contributed by atoms with Gasteiger partial charge in [0.2, 0.25) is 0 Å². The lowest BCUT2D eigenvalue weighted by Gasteiger charge is -2.16. The zero-order valence-electron chi connectivity index (χ0n) is 15.4. The third kappa shape index (κ3) is 3.36. The molecular formula is C19H16BN5O4. The van der Waals surface area contributed by atoms with Gasteiger partial charge in [-0.2, -0.15) is 15.3 Å². The Bertz CT molecular complexity index is 1180. The molecule has 0 aliphatic heterocycles. The van der Waals surface area contributed by atoms with Crippen LogP contribution >= 0.6 is 0 Å². The summed E-state index contributed by atoms with van der Waals surface area (Å²) in [5.41, 5.74) is 10.5. The highest BCUT2D eigenvalue weighted by Crippen LogP contribution is 2.35. The first-order chi connectivity index (χ1) is 14.1. The highest BCUT2D eigenvalue weighted by molar-refractivity contribution is 6.62. The molecule has 4 aromatic rings. The summed E-state index contributed by atoms with van der Waals surface area (Å²) in [7, 11) is -0.00928. The highest BCUT2D eigenvalue weighted by Gasteiger charge is 2.26. The van der Waals surface area contributed by atoms with Crippen molar-refractivity contribution in [1.29, 1.82) is 0 Å². The maximum atomic E-state index is 10.7. The van der Waals surface area contributed by atoms with E-state index in [-0.39, 0.29) is 6.47 Å². The number of aromatic nitrogens is 4. The number of ether oxygens (including phenoxy) is 1. The van der Waals surface area contributed by atoms with Crippen LogP contribution in [0.1, 0.15) is 0 Å². The Morgan fingerprint density at radius 3 is 2.79 bits per heavy atom. The van der Waals surface area contributed by atoms with E-state index >= 15 is 0 Å². The first-order valence-corrected chi connectivity index (χ1v) is 8.62. The van der Waals surface area contributed by atoms with E-state index in [1.54, 1.807) is 18.3 Å². The summed E-state index contributed by atoms with van der Waals surface area (Å²) in [6.07, 6.45) is 3.13. The second kappa shape index (κ2) is 7.60. The summed E-state index contributed by atoms with van der Waals surface area (Å²) in [4.78, 5) is 10.7. The van der Waals surface area contributed by atoms with E-state index in [1.807, 2.05) is 24.3 Å². The molecule has 10 heteroatoms. The van der Waals surface area contributed by atoms with Gasteiger partial charge in [-0.15, -0.1) is 0 Å². The van der Waals surface area contributed by atoms with Gasteiger partial charge in [-0.05, 0) is 41.5 Å². The lowest BCUT2D eigenvalue weighted by molar-refractivity contribution is -0.121. The number of nitrogens with one attached hydrogen (secondary N) is 1. The molecule has 0 amide bonds. The van der Waals surface area contributed by atoms with Crippen LogP contribution in [0, 0.1) is 0 Å². The van der Waals surface area contributed by atoms with E-state index in [0.29, 0.717) is 22.4 Å². The van der Waals surface area contributed by atoms with Crippen molar-refractivity contribution in [2.24, 2.45) is 0 Å². The summed E-state index contributed by atoms with van der Waals surface area (Å²) >= 11 is 0. The Kier molecular flexibility index (Phi) is 4.84. The minimum atomic E-state index is -1.48. The zero-order chi connectivity index (χ0) is 20.4. The summed E-state index contributed by atoms with van der Waals surface area (Å²) < 4.78 is 10.1. The number of hydrogen-bond donors (Lipinski definition) is 3. The second-order valence-corrected chi connectivity index (χ2v) is 6.23. The van der Waals surface area contributed by atoms with Gasteiger partial charge >= 0.3 is 7.12 Å². The Morgan fingerprint density at radius 2 is 2.07 bits per heavy atom. The third-order valence-corrected chi connectivity index (χ3v) is 4.59. The molecule has 0 aliphatic carbocycles. The Hall–Kier alpha value is -3.92. The molecule has 9 nitrogen and oxygen atoms in total. The number of rotatable bonds is 6. The lowest BCUT2D eigenvalue weighted by Crippen LogP contribution is -2.34. The van der Waals surface area contributed by atoms with Crippen molar-refractivity contribution >= 4 is 35.6 Å². The molecule has 2 aromatic heterocycles. The molecule has 2 aromatic carbocycles. The maximum absolute atomic E-state index is 10.7. The summed E-state index contributed by atoms with van der Waals surface area (Å²) in [6.45, 7) is 0.182. The van der Waals surface area contributed by atoms with Gasteiger partial charge in [0.1, 0.15) is 5.75 Å². The van der Waals surface area contributed by atoms with E-state index in [4.69, 9.17) is 15.1 Å². The van der Waals surface area contributed by atoms with Crippen LogP contribution < -0.4 is 15.9 Å². The molecule has 0 unspecified atom stereocenters. The van der Waals surface area contributed by atoms with Crippen LogP contribution in [0.15, 0.2) is 48.8 Å².